The molecule has 1 aromatic heterocycles. The summed E-state index contributed by atoms with van der Waals surface area (Å²) in [7, 11) is 0. The SMILES string of the molecule is CCOc1ccc(OCCSc2nc3ccccc3c(=O)n2-c2ccccc2)cc1. The molecule has 4 rings (SSSR count). The molecule has 0 radical (unpaired) electrons. The summed E-state index contributed by atoms with van der Waals surface area (Å²) in [5.74, 6) is 2.27. The molecule has 0 saturated heterocycles. The van der Waals surface area contributed by atoms with Crippen molar-refractivity contribution in [3.05, 3.63) is 89.2 Å². The quantitative estimate of drug-likeness (QED) is 0.230. The third-order valence-electron chi connectivity index (χ3n) is 4.48. The number of nitrogens with zero attached hydrogens (tertiary/aromatic N) is 2. The third kappa shape index (κ3) is 4.49. The Morgan fingerprint density at radius 3 is 2.27 bits per heavy atom. The van der Waals surface area contributed by atoms with Crippen LogP contribution in [0.3, 0.4) is 0 Å². The molecule has 5 nitrogen and oxygen atoms in total. The Hall–Kier alpha value is -3.25. The highest BCUT2D eigenvalue weighted by Crippen LogP contribution is 2.22. The first-order valence-electron chi connectivity index (χ1n) is 9.82. The summed E-state index contributed by atoms with van der Waals surface area (Å²) in [6.07, 6.45) is 0. The average molecular weight is 419 g/mol. The molecule has 6 heteroatoms. The van der Waals surface area contributed by atoms with Gasteiger partial charge in [-0.15, -0.1) is 0 Å². The minimum Gasteiger partial charge on any atom is -0.494 e. The minimum atomic E-state index is -0.0678. The Balaban J connectivity index is 1.52. The van der Waals surface area contributed by atoms with Gasteiger partial charge in [-0.1, -0.05) is 42.1 Å². The monoisotopic (exact) mass is 418 g/mol. The lowest BCUT2D eigenvalue weighted by Gasteiger charge is -2.13. The molecule has 0 spiro atoms. The molecule has 0 aliphatic heterocycles. The van der Waals surface area contributed by atoms with Crippen molar-refractivity contribution in [3.8, 4) is 17.2 Å². The molecule has 0 N–H and O–H groups in total. The van der Waals surface area contributed by atoms with Crippen LogP contribution < -0.4 is 15.0 Å². The normalized spacial score (nSPS) is 10.8. The summed E-state index contributed by atoms with van der Waals surface area (Å²) in [4.78, 5) is 17.9. The highest BCUT2D eigenvalue weighted by atomic mass is 32.2. The second-order valence-electron chi connectivity index (χ2n) is 6.49. The highest BCUT2D eigenvalue weighted by molar-refractivity contribution is 7.99. The number of ether oxygens (including phenoxy) is 2. The number of thioether (sulfide) groups is 1. The molecule has 152 valence electrons. The van der Waals surface area contributed by atoms with Crippen molar-refractivity contribution in [3.63, 3.8) is 0 Å². The van der Waals surface area contributed by atoms with Gasteiger partial charge in [-0.25, -0.2) is 4.98 Å². The maximum Gasteiger partial charge on any atom is 0.266 e. The maximum atomic E-state index is 13.2. The van der Waals surface area contributed by atoms with Crippen LogP contribution in [0.5, 0.6) is 11.5 Å². The molecule has 0 bridgehead atoms. The van der Waals surface area contributed by atoms with Crippen molar-refractivity contribution in [2.75, 3.05) is 19.0 Å². The van der Waals surface area contributed by atoms with Gasteiger partial charge in [0.2, 0.25) is 0 Å². The Bertz CT molecular complexity index is 1170. The highest BCUT2D eigenvalue weighted by Gasteiger charge is 2.13. The van der Waals surface area contributed by atoms with E-state index in [1.54, 1.807) is 4.57 Å². The van der Waals surface area contributed by atoms with Crippen LogP contribution in [0, 0.1) is 0 Å². The van der Waals surface area contributed by atoms with Gasteiger partial charge in [-0.05, 0) is 55.5 Å². The lowest BCUT2D eigenvalue weighted by molar-refractivity contribution is 0.332. The first-order chi connectivity index (χ1) is 14.8. The van der Waals surface area contributed by atoms with Crippen LogP contribution in [-0.2, 0) is 0 Å². The van der Waals surface area contributed by atoms with Gasteiger partial charge in [0.15, 0.2) is 5.16 Å². The predicted octanol–water partition coefficient (Wildman–Crippen LogP) is 4.96. The summed E-state index contributed by atoms with van der Waals surface area (Å²) in [6.45, 7) is 3.09. The van der Waals surface area contributed by atoms with Crippen molar-refractivity contribution < 1.29 is 9.47 Å². The number of hydrogen-bond acceptors (Lipinski definition) is 5. The van der Waals surface area contributed by atoms with Crippen LogP contribution in [-0.4, -0.2) is 28.5 Å². The van der Waals surface area contributed by atoms with E-state index < -0.39 is 0 Å². The van der Waals surface area contributed by atoms with E-state index in [0.29, 0.717) is 35.0 Å². The number of benzene rings is 3. The maximum absolute atomic E-state index is 13.2. The van der Waals surface area contributed by atoms with E-state index in [2.05, 4.69) is 0 Å². The first kappa shape index (κ1) is 20.0. The molecule has 0 atom stereocenters. The first-order valence-corrected chi connectivity index (χ1v) is 10.8. The zero-order valence-corrected chi connectivity index (χ0v) is 17.5. The molecule has 0 aliphatic rings. The van der Waals surface area contributed by atoms with E-state index in [4.69, 9.17) is 14.5 Å². The average Bonchev–Trinajstić information content (AvgIpc) is 2.79. The van der Waals surface area contributed by atoms with Gasteiger partial charge >= 0.3 is 0 Å². The summed E-state index contributed by atoms with van der Waals surface area (Å²) < 4.78 is 12.9. The predicted molar refractivity (Wildman–Crippen MR) is 121 cm³/mol. The zero-order chi connectivity index (χ0) is 20.8. The molecule has 30 heavy (non-hydrogen) atoms. The van der Waals surface area contributed by atoms with Crippen molar-refractivity contribution >= 4 is 22.7 Å². The molecule has 4 aromatic rings. The second kappa shape index (κ2) is 9.50. The number of rotatable bonds is 8. The lowest BCUT2D eigenvalue weighted by atomic mass is 10.2. The largest absolute Gasteiger partial charge is 0.494 e. The summed E-state index contributed by atoms with van der Waals surface area (Å²) in [6, 6.07) is 24.6. The molecule has 0 aliphatic carbocycles. The topological polar surface area (TPSA) is 53.4 Å². The van der Waals surface area contributed by atoms with Gasteiger partial charge < -0.3 is 9.47 Å². The second-order valence-corrected chi connectivity index (χ2v) is 7.55. The fourth-order valence-electron chi connectivity index (χ4n) is 3.11. The molecule has 1 heterocycles. The Kier molecular flexibility index (Phi) is 6.35. The van der Waals surface area contributed by atoms with Crippen LogP contribution in [0.1, 0.15) is 6.92 Å². The van der Waals surface area contributed by atoms with E-state index >= 15 is 0 Å². The van der Waals surface area contributed by atoms with E-state index in [-0.39, 0.29) is 5.56 Å². The summed E-state index contributed by atoms with van der Waals surface area (Å²) >= 11 is 1.50. The molecule has 0 saturated carbocycles. The van der Waals surface area contributed by atoms with Crippen LogP contribution in [0.15, 0.2) is 88.8 Å². The number of para-hydroxylation sites is 2. The molecule has 0 fully saturated rings. The molecular formula is C24H22N2O3S. The lowest BCUT2D eigenvalue weighted by Crippen LogP contribution is -2.22. The van der Waals surface area contributed by atoms with E-state index in [1.807, 2.05) is 85.8 Å². The fourth-order valence-corrected chi connectivity index (χ4v) is 3.93. The minimum absolute atomic E-state index is 0.0678. The van der Waals surface area contributed by atoms with Crippen molar-refractivity contribution in [1.29, 1.82) is 0 Å². The summed E-state index contributed by atoms with van der Waals surface area (Å²) in [5, 5.41) is 1.26. The number of aromatic nitrogens is 2. The van der Waals surface area contributed by atoms with Gasteiger partial charge in [0, 0.05) is 5.75 Å². The Labute approximate surface area is 179 Å². The van der Waals surface area contributed by atoms with Crippen molar-refractivity contribution in [2.24, 2.45) is 0 Å². The van der Waals surface area contributed by atoms with Crippen LogP contribution in [0.4, 0.5) is 0 Å². The van der Waals surface area contributed by atoms with Crippen molar-refractivity contribution in [2.45, 2.75) is 12.1 Å². The van der Waals surface area contributed by atoms with Crippen LogP contribution in [0.25, 0.3) is 16.6 Å². The zero-order valence-electron chi connectivity index (χ0n) is 16.7. The van der Waals surface area contributed by atoms with Crippen LogP contribution in [0.2, 0.25) is 0 Å². The molecule has 0 amide bonds. The van der Waals surface area contributed by atoms with Gasteiger partial charge in [-0.2, -0.15) is 0 Å². The Morgan fingerprint density at radius 2 is 1.53 bits per heavy atom. The van der Waals surface area contributed by atoms with Gasteiger partial charge in [0.25, 0.3) is 5.56 Å². The number of fused-ring (bicyclic) bond motifs is 1. The molecule has 0 unspecified atom stereocenters. The third-order valence-corrected chi connectivity index (χ3v) is 5.38. The van der Waals surface area contributed by atoms with E-state index in [1.165, 1.54) is 11.8 Å². The van der Waals surface area contributed by atoms with E-state index in [9.17, 15) is 4.79 Å². The molecular weight excluding hydrogens is 396 g/mol. The fraction of sp³-hybridized carbons (Fsp3) is 0.167. The molecule has 3 aromatic carbocycles. The summed E-state index contributed by atoms with van der Waals surface area (Å²) in [5.41, 5.74) is 1.43. The van der Waals surface area contributed by atoms with Crippen molar-refractivity contribution in [1.82, 2.24) is 9.55 Å². The van der Waals surface area contributed by atoms with Crippen LogP contribution >= 0.6 is 11.8 Å². The van der Waals surface area contributed by atoms with E-state index in [0.717, 1.165) is 17.2 Å². The van der Waals surface area contributed by atoms with Gasteiger partial charge in [0.1, 0.15) is 11.5 Å². The van der Waals surface area contributed by atoms with Gasteiger partial charge in [-0.3, -0.25) is 9.36 Å². The number of hydrogen-bond donors (Lipinski definition) is 0. The van der Waals surface area contributed by atoms with Gasteiger partial charge in [0.05, 0.1) is 29.8 Å². The smallest absolute Gasteiger partial charge is 0.266 e. The standard InChI is InChI=1S/C24H22N2O3S/c1-2-28-19-12-14-20(15-13-19)29-16-17-30-24-25-22-11-7-6-10-21(22)23(27)26(24)18-8-4-3-5-9-18/h3-15H,2,16-17H2,1H3. The Morgan fingerprint density at radius 1 is 0.867 bits per heavy atom.